The second-order valence-electron chi connectivity index (χ2n) is 4.59. The minimum atomic E-state index is -0.309. The second kappa shape index (κ2) is 6.59. The van der Waals surface area contributed by atoms with E-state index in [1.807, 2.05) is 6.92 Å². The monoisotopic (exact) mass is 307 g/mol. The number of carbonyl (C=O) groups excluding carboxylic acids is 1. The molecule has 2 rings (SSSR count). The standard InChI is InChI=1S/C16H15ClFNO2/c1-10(11-3-6-13(18)7-4-11)19-16(20)14-8-5-12(17)9-15(14)21-2/h3-10H,1-2H3,(H,19,20)/t10-/m0/s1. The van der Waals surface area contributed by atoms with Gasteiger partial charge in [0.25, 0.3) is 5.91 Å². The topological polar surface area (TPSA) is 38.3 Å². The highest BCUT2D eigenvalue weighted by Gasteiger charge is 2.15. The molecule has 1 amide bonds. The van der Waals surface area contributed by atoms with Crippen molar-refractivity contribution >= 4 is 17.5 Å². The number of halogens is 2. The van der Waals surface area contributed by atoms with Crippen LogP contribution in [0.4, 0.5) is 4.39 Å². The van der Waals surface area contributed by atoms with Crippen molar-refractivity contribution in [2.75, 3.05) is 7.11 Å². The van der Waals surface area contributed by atoms with E-state index in [9.17, 15) is 9.18 Å². The molecule has 110 valence electrons. The van der Waals surface area contributed by atoms with Crippen molar-refractivity contribution in [1.82, 2.24) is 5.32 Å². The summed E-state index contributed by atoms with van der Waals surface area (Å²) in [4.78, 5) is 12.3. The van der Waals surface area contributed by atoms with Gasteiger partial charge >= 0.3 is 0 Å². The molecule has 0 heterocycles. The van der Waals surface area contributed by atoms with Crippen molar-refractivity contribution in [3.63, 3.8) is 0 Å². The van der Waals surface area contributed by atoms with E-state index in [0.717, 1.165) is 5.56 Å². The molecule has 0 spiro atoms. The summed E-state index contributed by atoms with van der Waals surface area (Å²) in [6, 6.07) is 10.6. The summed E-state index contributed by atoms with van der Waals surface area (Å²) in [6.07, 6.45) is 0. The van der Waals surface area contributed by atoms with Crippen molar-refractivity contribution in [1.29, 1.82) is 0 Å². The van der Waals surface area contributed by atoms with Gasteiger partial charge in [-0.05, 0) is 42.8 Å². The first-order chi connectivity index (χ1) is 10.0. The molecular weight excluding hydrogens is 293 g/mol. The third-order valence-electron chi connectivity index (χ3n) is 3.13. The molecule has 0 aliphatic heterocycles. The van der Waals surface area contributed by atoms with Gasteiger partial charge in [0.1, 0.15) is 11.6 Å². The van der Waals surface area contributed by atoms with Crippen LogP contribution in [0.1, 0.15) is 28.9 Å². The Morgan fingerprint density at radius 3 is 2.52 bits per heavy atom. The quantitative estimate of drug-likeness (QED) is 0.928. The zero-order valence-electron chi connectivity index (χ0n) is 11.7. The molecule has 3 nitrogen and oxygen atoms in total. The first-order valence-electron chi connectivity index (χ1n) is 6.41. The van der Waals surface area contributed by atoms with Gasteiger partial charge in [-0.1, -0.05) is 23.7 Å². The number of nitrogens with one attached hydrogen (secondary N) is 1. The Morgan fingerprint density at radius 2 is 1.90 bits per heavy atom. The second-order valence-corrected chi connectivity index (χ2v) is 5.03. The smallest absolute Gasteiger partial charge is 0.255 e. The molecule has 0 aromatic heterocycles. The average Bonchev–Trinajstić information content (AvgIpc) is 2.47. The Bertz CT molecular complexity index is 643. The van der Waals surface area contributed by atoms with Crippen LogP contribution in [0.2, 0.25) is 5.02 Å². The largest absolute Gasteiger partial charge is 0.496 e. The Hall–Kier alpha value is -2.07. The van der Waals surface area contributed by atoms with Crippen LogP contribution in [0, 0.1) is 5.82 Å². The molecule has 0 saturated carbocycles. The van der Waals surface area contributed by atoms with Gasteiger partial charge in [0, 0.05) is 5.02 Å². The number of carbonyl (C=O) groups is 1. The third kappa shape index (κ3) is 3.73. The van der Waals surface area contributed by atoms with E-state index < -0.39 is 0 Å². The Morgan fingerprint density at radius 1 is 1.24 bits per heavy atom. The molecule has 0 unspecified atom stereocenters. The minimum Gasteiger partial charge on any atom is -0.496 e. The maximum Gasteiger partial charge on any atom is 0.255 e. The Kier molecular flexibility index (Phi) is 4.81. The number of hydrogen-bond acceptors (Lipinski definition) is 2. The van der Waals surface area contributed by atoms with Crippen molar-refractivity contribution < 1.29 is 13.9 Å². The summed E-state index contributed by atoms with van der Waals surface area (Å²) in [6.45, 7) is 1.83. The molecule has 0 aliphatic rings. The molecule has 21 heavy (non-hydrogen) atoms. The molecule has 5 heteroatoms. The van der Waals surface area contributed by atoms with E-state index in [1.54, 1.807) is 30.3 Å². The fraction of sp³-hybridized carbons (Fsp3) is 0.188. The van der Waals surface area contributed by atoms with Crippen molar-refractivity contribution in [3.05, 3.63) is 64.4 Å². The number of benzene rings is 2. The predicted octanol–water partition coefficient (Wildman–Crippen LogP) is 3.98. The van der Waals surface area contributed by atoms with Crippen LogP contribution < -0.4 is 10.1 Å². The highest BCUT2D eigenvalue weighted by atomic mass is 35.5. The van der Waals surface area contributed by atoms with Crippen molar-refractivity contribution in [2.45, 2.75) is 13.0 Å². The van der Waals surface area contributed by atoms with Crippen LogP contribution in [-0.4, -0.2) is 13.0 Å². The summed E-state index contributed by atoms with van der Waals surface area (Å²) >= 11 is 5.87. The van der Waals surface area contributed by atoms with E-state index >= 15 is 0 Å². The summed E-state index contributed by atoms with van der Waals surface area (Å²) in [7, 11) is 1.48. The predicted molar refractivity (Wildman–Crippen MR) is 80.3 cm³/mol. The number of amides is 1. The zero-order chi connectivity index (χ0) is 15.4. The van der Waals surface area contributed by atoms with Crippen LogP contribution >= 0.6 is 11.6 Å². The minimum absolute atomic E-state index is 0.251. The molecule has 0 aliphatic carbocycles. The van der Waals surface area contributed by atoms with E-state index in [0.29, 0.717) is 16.3 Å². The van der Waals surface area contributed by atoms with Gasteiger partial charge in [-0.25, -0.2) is 4.39 Å². The molecule has 1 N–H and O–H groups in total. The van der Waals surface area contributed by atoms with Gasteiger partial charge in [-0.3, -0.25) is 4.79 Å². The lowest BCUT2D eigenvalue weighted by Gasteiger charge is -2.16. The average molecular weight is 308 g/mol. The SMILES string of the molecule is COc1cc(Cl)ccc1C(=O)N[C@@H](C)c1ccc(F)cc1. The molecule has 1 atom stereocenters. The lowest BCUT2D eigenvalue weighted by molar-refractivity contribution is 0.0937. The molecule has 0 bridgehead atoms. The van der Waals surface area contributed by atoms with Crippen molar-refractivity contribution in [2.24, 2.45) is 0 Å². The van der Waals surface area contributed by atoms with Gasteiger partial charge in [-0.2, -0.15) is 0 Å². The lowest BCUT2D eigenvalue weighted by atomic mass is 10.1. The van der Waals surface area contributed by atoms with Gasteiger partial charge < -0.3 is 10.1 Å². The number of hydrogen-bond donors (Lipinski definition) is 1. The fourth-order valence-corrected chi connectivity index (χ4v) is 2.12. The van der Waals surface area contributed by atoms with Gasteiger partial charge in [0.2, 0.25) is 0 Å². The van der Waals surface area contributed by atoms with E-state index in [4.69, 9.17) is 16.3 Å². The number of rotatable bonds is 4. The molecule has 0 radical (unpaired) electrons. The van der Waals surface area contributed by atoms with E-state index in [1.165, 1.54) is 19.2 Å². The molecule has 0 saturated heterocycles. The fourth-order valence-electron chi connectivity index (χ4n) is 1.96. The van der Waals surface area contributed by atoms with Gasteiger partial charge in [0.05, 0.1) is 18.7 Å². The highest BCUT2D eigenvalue weighted by Crippen LogP contribution is 2.24. The summed E-state index contributed by atoms with van der Waals surface area (Å²) in [5.41, 5.74) is 1.22. The van der Waals surface area contributed by atoms with Crippen LogP contribution in [0.3, 0.4) is 0 Å². The van der Waals surface area contributed by atoms with Gasteiger partial charge in [-0.15, -0.1) is 0 Å². The summed E-state index contributed by atoms with van der Waals surface area (Å²) in [5.74, 6) is -0.178. The Balaban J connectivity index is 2.16. The van der Waals surface area contributed by atoms with E-state index in [2.05, 4.69) is 5.32 Å². The highest BCUT2D eigenvalue weighted by molar-refractivity contribution is 6.30. The summed E-state index contributed by atoms with van der Waals surface area (Å²) in [5, 5.41) is 3.34. The maximum atomic E-state index is 12.9. The number of ether oxygens (including phenoxy) is 1. The lowest BCUT2D eigenvalue weighted by Crippen LogP contribution is -2.27. The van der Waals surface area contributed by atoms with Crippen LogP contribution in [-0.2, 0) is 0 Å². The first kappa shape index (κ1) is 15.3. The maximum absolute atomic E-state index is 12.9. The first-order valence-corrected chi connectivity index (χ1v) is 6.79. The van der Waals surface area contributed by atoms with Crippen LogP contribution in [0.25, 0.3) is 0 Å². The normalized spacial score (nSPS) is 11.8. The number of methoxy groups -OCH3 is 1. The van der Waals surface area contributed by atoms with Crippen LogP contribution in [0.5, 0.6) is 5.75 Å². The van der Waals surface area contributed by atoms with Crippen LogP contribution in [0.15, 0.2) is 42.5 Å². The third-order valence-corrected chi connectivity index (χ3v) is 3.36. The van der Waals surface area contributed by atoms with Crippen molar-refractivity contribution in [3.8, 4) is 5.75 Å². The molecule has 0 fully saturated rings. The molecule has 2 aromatic rings. The zero-order valence-corrected chi connectivity index (χ0v) is 12.4. The van der Waals surface area contributed by atoms with Gasteiger partial charge in [0.15, 0.2) is 0 Å². The molecule has 2 aromatic carbocycles. The Labute approximate surface area is 127 Å². The summed E-state index contributed by atoms with van der Waals surface area (Å²) < 4.78 is 18.1. The molecular formula is C16H15ClFNO2. The van der Waals surface area contributed by atoms with E-state index in [-0.39, 0.29) is 17.8 Å².